The monoisotopic (exact) mass is 288 g/mol. The van der Waals surface area contributed by atoms with E-state index in [4.69, 9.17) is 0 Å². The maximum Gasteiger partial charge on any atom is -0.0352 e. The Bertz CT molecular complexity index is 385. The molecule has 0 amide bonds. The fourth-order valence-electron chi connectivity index (χ4n) is 6.88. The van der Waals surface area contributed by atoms with Gasteiger partial charge in [-0.25, -0.2) is 0 Å². The van der Waals surface area contributed by atoms with Crippen LogP contribution in [0.3, 0.4) is 0 Å². The molecular weight excluding hydrogens is 252 g/mol. The smallest absolute Gasteiger partial charge is 0.0352 e. The molecule has 4 rings (SSSR count). The SMILES string of the molecule is CCC1CC(C)C1CCC1C(C)C1CC1CC2C(C)CC12. The highest BCUT2D eigenvalue weighted by atomic mass is 14.6. The number of hydrogen-bond donors (Lipinski definition) is 0. The largest absolute Gasteiger partial charge is 0.0651 e. The second kappa shape index (κ2) is 5.27. The summed E-state index contributed by atoms with van der Waals surface area (Å²) in [7, 11) is 0. The Morgan fingerprint density at radius 3 is 2.05 bits per heavy atom. The molecule has 0 N–H and O–H groups in total. The van der Waals surface area contributed by atoms with Gasteiger partial charge < -0.3 is 0 Å². The van der Waals surface area contributed by atoms with Gasteiger partial charge in [0.1, 0.15) is 0 Å². The van der Waals surface area contributed by atoms with Gasteiger partial charge in [-0.2, -0.15) is 0 Å². The van der Waals surface area contributed by atoms with Gasteiger partial charge in [0.2, 0.25) is 0 Å². The molecule has 0 heterocycles. The third-order valence-corrected chi connectivity index (χ3v) is 8.81. The number of hydrogen-bond acceptors (Lipinski definition) is 0. The van der Waals surface area contributed by atoms with Gasteiger partial charge in [-0.05, 0) is 97.7 Å². The second-order valence-corrected chi connectivity index (χ2v) is 9.58. The molecule has 4 aliphatic rings. The van der Waals surface area contributed by atoms with Gasteiger partial charge in [-0.1, -0.05) is 34.1 Å². The van der Waals surface area contributed by atoms with Crippen LogP contribution in [0.25, 0.3) is 0 Å². The molecule has 4 fully saturated rings. The van der Waals surface area contributed by atoms with Gasteiger partial charge >= 0.3 is 0 Å². The summed E-state index contributed by atoms with van der Waals surface area (Å²) in [5, 5.41) is 0. The van der Waals surface area contributed by atoms with E-state index in [1.54, 1.807) is 32.1 Å². The summed E-state index contributed by atoms with van der Waals surface area (Å²) >= 11 is 0. The Kier molecular flexibility index (Phi) is 3.66. The number of fused-ring (bicyclic) bond motifs is 1. The third-order valence-electron chi connectivity index (χ3n) is 8.81. The van der Waals surface area contributed by atoms with Gasteiger partial charge in [-0.15, -0.1) is 0 Å². The summed E-state index contributed by atoms with van der Waals surface area (Å²) in [6.45, 7) is 9.93. The summed E-state index contributed by atoms with van der Waals surface area (Å²) < 4.78 is 0. The quantitative estimate of drug-likeness (QED) is 0.561. The summed E-state index contributed by atoms with van der Waals surface area (Å²) in [5.41, 5.74) is 0. The summed E-state index contributed by atoms with van der Waals surface area (Å²) in [6, 6.07) is 0. The summed E-state index contributed by atoms with van der Waals surface area (Å²) in [6.07, 6.45) is 10.8. The molecule has 0 heteroatoms. The molecule has 0 bridgehead atoms. The second-order valence-electron chi connectivity index (χ2n) is 9.58. The Balaban J connectivity index is 1.19. The van der Waals surface area contributed by atoms with Crippen LogP contribution >= 0.6 is 0 Å². The molecule has 0 aromatic carbocycles. The van der Waals surface area contributed by atoms with Crippen LogP contribution in [-0.4, -0.2) is 0 Å². The zero-order chi connectivity index (χ0) is 14.7. The molecule has 4 aliphatic carbocycles. The van der Waals surface area contributed by atoms with Gasteiger partial charge in [0.15, 0.2) is 0 Å². The van der Waals surface area contributed by atoms with Crippen molar-refractivity contribution >= 4 is 0 Å². The molecule has 0 aromatic heterocycles. The normalized spacial score (nSPS) is 57.7. The van der Waals surface area contributed by atoms with E-state index in [9.17, 15) is 0 Å². The van der Waals surface area contributed by atoms with Crippen molar-refractivity contribution in [2.24, 2.45) is 59.2 Å². The maximum atomic E-state index is 2.55. The average Bonchev–Trinajstić information content (AvgIpc) is 3.06. The molecule has 4 saturated carbocycles. The average molecular weight is 289 g/mol. The standard InChI is InChI=1S/C21H36/c1-5-15-8-12(2)17(15)6-7-18-14(4)20(18)11-16-10-19-13(3)9-21(16)19/h12-21H,5-11H2,1-4H3. The highest BCUT2D eigenvalue weighted by molar-refractivity contribution is 5.04. The fraction of sp³-hybridized carbons (Fsp3) is 1.00. The van der Waals surface area contributed by atoms with Crippen molar-refractivity contribution in [2.75, 3.05) is 0 Å². The molecule has 0 aliphatic heterocycles. The third kappa shape index (κ3) is 2.31. The molecule has 0 radical (unpaired) electrons. The van der Waals surface area contributed by atoms with Crippen molar-refractivity contribution < 1.29 is 0 Å². The van der Waals surface area contributed by atoms with E-state index in [0.717, 1.165) is 53.3 Å². The van der Waals surface area contributed by atoms with Crippen LogP contribution < -0.4 is 0 Å². The molecule has 0 aromatic rings. The number of rotatable bonds is 6. The first-order valence-corrected chi connectivity index (χ1v) is 10.1. The molecule has 10 atom stereocenters. The lowest BCUT2D eigenvalue weighted by Crippen LogP contribution is -2.50. The Labute approximate surface area is 132 Å². The van der Waals surface area contributed by atoms with E-state index < -0.39 is 0 Å². The zero-order valence-electron chi connectivity index (χ0n) is 14.7. The lowest BCUT2D eigenvalue weighted by atomic mass is 9.47. The summed E-state index contributed by atoms with van der Waals surface area (Å²) in [5.74, 6) is 11.1. The molecular formula is C21H36. The van der Waals surface area contributed by atoms with Gasteiger partial charge in [-0.3, -0.25) is 0 Å². The van der Waals surface area contributed by atoms with Crippen molar-refractivity contribution in [3.63, 3.8) is 0 Å². The zero-order valence-corrected chi connectivity index (χ0v) is 14.7. The van der Waals surface area contributed by atoms with Gasteiger partial charge in [0.25, 0.3) is 0 Å². The van der Waals surface area contributed by atoms with Gasteiger partial charge in [0.05, 0.1) is 0 Å². The Morgan fingerprint density at radius 2 is 1.48 bits per heavy atom. The lowest BCUT2D eigenvalue weighted by molar-refractivity contribution is -0.0850. The van der Waals surface area contributed by atoms with Crippen LogP contribution in [0.1, 0.15) is 72.6 Å². The minimum absolute atomic E-state index is 1.03. The molecule has 0 nitrogen and oxygen atoms in total. The predicted octanol–water partition coefficient (Wildman–Crippen LogP) is 6.01. The molecule has 120 valence electrons. The van der Waals surface area contributed by atoms with Crippen molar-refractivity contribution in [1.29, 1.82) is 0 Å². The van der Waals surface area contributed by atoms with E-state index in [1.807, 2.05) is 0 Å². The van der Waals surface area contributed by atoms with Crippen LogP contribution in [0, 0.1) is 59.2 Å². The first-order chi connectivity index (χ1) is 10.1. The van der Waals surface area contributed by atoms with Crippen LogP contribution in [0.2, 0.25) is 0 Å². The van der Waals surface area contributed by atoms with E-state index in [1.165, 1.54) is 18.8 Å². The van der Waals surface area contributed by atoms with E-state index in [-0.39, 0.29) is 0 Å². The lowest BCUT2D eigenvalue weighted by Gasteiger charge is -2.58. The van der Waals surface area contributed by atoms with Crippen LogP contribution in [-0.2, 0) is 0 Å². The van der Waals surface area contributed by atoms with E-state index in [0.29, 0.717) is 0 Å². The minimum atomic E-state index is 1.03. The van der Waals surface area contributed by atoms with Crippen molar-refractivity contribution in [2.45, 2.75) is 72.6 Å². The topological polar surface area (TPSA) is 0 Å². The summed E-state index contributed by atoms with van der Waals surface area (Å²) in [4.78, 5) is 0. The minimum Gasteiger partial charge on any atom is -0.0651 e. The predicted molar refractivity (Wildman–Crippen MR) is 89.9 cm³/mol. The molecule has 0 spiro atoms. The van der Waals surface area contributed by atoms with E-state index in [2.05, 4.69) is 27.7 Å². The molecule has 21 heavy (non-hydrogen) atoms. The maximum absolute atomic E-state index is 2.55. The van der Waals surface area contributed by atoms with Crippen LogP contribution in [0.15, 0.2) is 0 Å². The highest BCUT2D eigenvalue weighted by Gasteiger charge is 2.55. The van der Waals surface area contributed by atoms with Crippen LogP contribution in [0.5, 0.6) is 0 Å². The first-order valence-electron chi connectivity index (χ1n) is 10.1. The Morgan fingerprint density at radius 1 is 0.714 bits per heavy atom. The van der Waals surface area contributed by atoms with E-state index >= 15 is 0 Å². The molecule has 0 saturated heterocycles. The fourth-order valence-corrected chi connectivity index (χ4v) is 6.88. The Hall–Kier alpha value is 0. The van der Waals surface area contributed by atoms with Crippen molar-refractivity contribution in [3.05, 3.63) is 0 Å². The van der Waals surface area contributed by atoms with Crippen molar-refractivity contribution in [3.8, 4) is 0 Å². The first kappa shape index (κ1) is 14.6. The van der Waals surface area contributed by atoms with Crippen molar-refractivity contribution in [1.82, 2.24) is 0 Å². The van der Waals surface area contributed by atoms with Gasteiger partial charge in [0, 0.05) is 0 Å². The molecule has 10 unspecified atom stereocenters. The highest BCUT2D eigenvalue weighted by Crippen LogP contribution is 2.63. The van der Waals surface area contributed by atoms with Crippen LogP contribution in [0.4, 0.5) is 0 Å².